The second kappa shape index (κ2) is 15.6. The molecule has 0 radical (unpaired) electrons. The second-order valence-electron chi connectivity index (χ2n) is 16.3. The number of Topliss-reactive ketones (excluding diaryl/α,β-unsaturated/α-hetero) is 1. The lowest BCUT2D eigenvalue weighted by molar-refractivity contribution is -0.184. The van der Waals surface area contributed by atoms with Crippen molar-refractivity contribution in [1.82, 2.24) is 10.6 Å². The van der Waals surface area contributed by atoms with E-state index in [0.717, 1.165) is 24.0 Å². The smallest absolute Gasteiger partial charge is 0.306 e. The van der Waals surface area contributed by atoms with E-state index in [4.69, 9.17) is 4.74 Å². The van der Waals surface area contributed by atoms with E-state index in [1.54, 1.807) is 44.2 Å². The molecule has 0 aromatic heterocycles. The largest absolute Gasteiger partial charge is 0.481 e. The number of hydrogen-bond donors (Lipinski definition) is 5. The van der Waals surface area contributed by atoms with E-state index in [-0.39, 0.29) is 73.5 Å². The zero-order valence-electron chi connectivity index (χ0n) is 30.7. The Balaban J connectivity index is 1.12. The molecule has 3 fully saturated rings. The number of rotatable bonds is 14. The monoisotopic (exact) mass is 722 g/mol. The summed E-state index contributed by atoms with van der Waals surface area (Å²) in [6.07, 6.45) is 3.86. The number of esters is 1. The van der Waals surface area contributed by atoms with Crippen LogP contribution >= 0.6 is 0 Å². The number of carbonyl (C=O) groups is 6. The Bertz CT molecular complexity index is 1590. The molecule has 0 spiro atoms. The maximum atomic E-state index is 13.6. The number of fused-ring (bicyclic) bond motifs is 5. The molecule has 1 aromatic rings. The van der Waals surface area contributed by atoms with Gasteiger partial charge in [-0.2, -0.15) is 0 Å². The number of allylic oxidation sites excluding steroid dienone is 1. The van der Waals surface area contributed by atoms with Crippen LogP contribution in [0.4, 0.5) is 0 Å². The average molecular weight is 723 g/mol. The Kier molecular flexibility index (Phi) is 11.8. The SMILES string of the molecule is CC(C)[C@@H](NC(=O)CCC(=O)OCC(=O)[C@]1(O)CC[C@@H]2[C@@H]3CCC4=CC(=O)CC[C@]4(C)[C@@H]3[C@@H](O)C[C@@]21C)C(=O)NC[C@@H](CC(=O)O)c1ccccc1. The van der Waals surface area contributed by atoms with Crippen molar-refractivity contribution in [3.8, 4) is 0 Å². The third kappa shape index (κ3) is 7.74. The van der Waals surface area contributed by atoms with Gasteiger partial charge in [0.15, 0.2) is 12.4 Å². The summed E-state index contributed by atoms with van der Waals surface area (Å²) in [7, 11) is 0. The zero-order valence-corrected chi connectivity index (χ0v) is 30.7. The predicted octanol–water partition coefficient (Wildman–Crippen LogP) is 3.63. The van der Waals surface area contributed by atoms with Gasteiger partial charge in [-0.25, -0.2) is 0 Å². The number of carbonyl (C=O) groups excluding carboxylic acids is 5. The van der Waals surface area contributed by atoms with E-state index >= 15 is 0 Å². The minimum absolute atomic E-state index is 0.0160. The molecule has 284 valence electrons. The number of ether oxygens (including phenoxy) is 1. The molecule has 5 rings (SSSR count). The third-order valence-corrected chi connectivity index (χ3v) is 12.9. The molecule has 0 unspecified atom stereocenters. The van der Waals surface area contributed by atoms with E-state index in [1.165, 1.54) is 0 Å². The summed E-state index contributed by atoms with van der Waals surface area (Å²) in [6, 6.07) is 8.04. The third-order valence-electron chi connectivity index (χ3n) is 12.9. The average Bonchev–Trinajstić information content (AvgIpc) is 3.37. The van der Waals surface area contributed by atoms with Crippen molar-refractivity contribution in [2.45, 2.75) is 116 Å². The Morgan fingerprint density at radius 1 is 1.00 bits per heavy atom. The minimum Gasteiger partial charge on any atom is -0.481 e. The lowest BCUT2D eigenvalue weighted by Crippen LogP contribution is -2.62. The molecule has 4 aliphatic rings. The summed E-state index contributed by atoms with van der Waals surface area (Å²) in [5.41, 5.74) is -1.13. The van der Waals surface area contributed by atoms with Gasteiger partial charge in [-0.1, -0.05) is 63.6 Å². The summed E-state index contributed by atoms with van der Waals surface area (Å²) in [5, 5.41) is 38.3. The van der Waals surface area contributed by atoms with Gasteiger partial charge in [-0.3, -0.25) is 28.8 Å². The van der Waals surface area contributed by atoms with Crippen molar-refractivity contribution < 1.29 is 48.8 Å². The summed E-state index contributed by atoms with van der Waals surface area (Å²) in [4.78, 5) is 75.8. The van der Waals surface area contributed by atoms with Gasteiger partial charge >= 0.3 is 11.9 Å². The van der Waals surface area contributed by atoms with Crippen LogP contribution in [0, 0.1) is 34.5 Å². The topological polar surface area (TPSA) is 196 Å². The number of carboxylic acids is 1. The molecular formula is C40H54N2O10. The van der Waals surface area contributed by atoms with Crippen LogP contribution in [0.3, 0.4) is 0 Å². The van der Waals surface area contributed by atoms with E-state index in [9.17, 15) is 44.1 Å². The van der Waals surface area contributed by atoms with Crippen molar-refractivity contribution in [1.29, 1.82) is 0 Å². The van der Waals surface area contributed by atoms with Gasteiger partial charge < -0.3 is 30.7 Å². The maximum Gasteiger partial charge on any atom is 0.306 e. The standard InChI is InChI=1S/C40H54N2O10/c1-23(2)36(37(50)41-21-25(18-33(47)48)24-8-6-5-7-9-24)42-32(46)12-13-34(49)52-22-31(45)40(51)17-15-29-28-11-10-26-19-27(43)14-16-38(26,3)35(28)30(44)20-39(29,40)4/h5-9,19,23,25,28-30,35-36,44,51H,10-18,20-22H2,1-4H3,(H,41,50)(H,42,46)(H,47,48)/t25-,28+,29-,30+,35+,36-,38+,39+,40-/m1/s1. The quantitative estimate of drug-likeness (QED) is 0.177. The van der Waals surface area contributed by atoms with E-state index in [2.05, 4.69) is 17.6 Å². The zero-order chi connectivity index (χ0) is 38.0. The van der Waals surface area contributed by atoms with Crippen LogP contribution in [0.25, 0.3) is 0 Å². The number of aliphatic carboxylic acids is 1. The molecule has 2 amide bonds. The molecular weight excluding hydrogens is 668 g/mol. The number of benzene rings is 1. The number of carboxylic acid groups (broad SMARTS) is 1. The maximum absolute atomic E-state index is 13.6. The number of aliphatic hydroxyl groups excluding tert-OH is 1. The van der Waals surface area contributed by atoms with Gasteiger partial charge in [0.05, 0.1) is 18.9 Å². The van der Waals surface area contributed by atoms with E-state index in [1.807, 2.05) is 13.0 Å². The molecule has 0 bridgehead atoms. The van der Waals surface area contributed by atoms with Crippen LogP contribution in [0.15, 0.2) is 42.0 Å². The first kappa shape index (κ1) is 39.3. The molecule has 0 saturated heterocycles. The molecule has 5 N–H and O–H groups in total. The first-order valence-electron chi connectivity index (χ1n) is 18.7. The van der Waals surface area contributed by atoms with E-state index in [0.29, 0.717) is 19.3 Å². The Labute approximate surface area is 305 Å². The molecule has 12 heteroatoms. The van der Waals surface area contributed by atoms with Crippen LogP contribution in [0.2, 0.25) is 0 Å². The summed E-state index contributed by atoms with van der Waals surface area (Å²) in [5.74, 6) is -4.12. The lowest BCUT2D eigenvalue weighted by Gasteiger charge is -2.60. The van der Waals surface area contributed by atoms with Crippen molar-refractivity contribution in [3.63, 3.8) is 0 Å². The van der Waals surface area contributed by atoms with Gasteiger partial charge in [-0.15, -0.1) is 0 Å². The van der Waals surface area contributed by atoms with Crippen LogP contribution in [0.1, 0.15) is 103 Å². The molecule has 9 atom stereocenters. The molecule has 1 aromatic carbocycles. The Morgan fingerprint density at radius 3 is 2.38 bits per heavy atom. The molecule has 12 nitrogen and oxygen atoms in total. The van der Waals surface area contributed by atoms with Crippen molar-refractivity contribution >= 4 is 35.3 Å². The fraction of sp³-hybridized carbons (Fsp3) is 0.650. The van der Waals surface area contributed by atoms with Crippen LogP contribution < -0.4 is 10.6 Å². The van der Waals surface area contributed by atoms with Crippen molar-refractivity contribution in [2.24, 2.45) is 34.5 Å². The number of amides is 2. The van der Waals surface area contributed by atoms with Crippen molar-refractivity contribution in [2.75, 3.05) is 13.2 Å². The second-order valence-corrected chi connectivity index (χ2v) is 16.3. The fourth-order valence-electron chi connectivity index (χ4n) is 10.1. The highest BCUT2D eigenvalue weighted by molar-refractivity contribution is 5.93. The Morgan fingerprint density at radius 2 is 1.71 bits per heavy atom. The first-order valence-corrected chi connectivity index (χ1v) is 18.7. The van der Waals surface area contributed by atoms with Gasteiger partial charge in [0.2, 0.25) is 17.6 Å². The molecule has 0 aliphatic heterocycles. The predicted molar refractivity (Wildman–Crippen MR) is 189 cm³/mol. The van der Waals surface area contributed by atoms with Gasteiger partial charge in [0, 0.05) is 30.7 Å². The lowest BCUT2D eigenvalue weighted by atomic mass is 9.45. The highest BCUT2D eigenvalue weighted by Gasteiger charge is 2.68. The van der Waals surface area contributed by atoms with Gasteiger partial charge in [0.1, 0.15) is 11.6 Å². The molecule has 3 saturated carbocycles. The normalized spacial score (nSPS) is 32.0. The molecule has 52 heavy (non-hydrogen) atoms. The van der Waals surface area contributed by atoms with Crippen LogP contribution in [-0.2, 0) is 33.5 Å². The number of nitrogens with one attached hydrogen (secondary N) is 2. The summed E-state index contributed by atoms with van der Waals surface area (Å²) >= 11 is 0. The van der Waals surface area contributed by atoms with Gasteiger partial charge in [0.25, 0.3) is 0 Å². The van der Waals surface area contributed by atoms with Gasteiger partial charge in [-0.05, 0) is 79.3 Å². The van der Waals surface area contributed by atoms with Crippen molar-refractivity contribution in [3.05, 3.63) is 47.5 Å². The first-order chi connectivity index (χ1) is 24.5. The Hall–Kier alpha value is -3.90. The summed E-state index contributed by atoms with van der Waals surface area (Å²) < 4.78 is 5.27. The molecule has 0 heterocycles. The number of aliphatic hydroxyl groups is 2. The summed E-state index contributed by atoms with van der Waals surface area (Å²) in [6.45, 7) is 6.90. The highest BCUT2D eigenvalue weighted by Crippen LogP contribution is 2.67. The highest BCUT2D eigenvalue weighted by atomic mass is 16.5. The number of ketones is 2. The fourth-order valence-corrected chi connectivity index (χ4v) is 10.1. The van der Waals surface area contributed by atoms with E-state index < -0.39 is 65.2 Å². The molecule has 4 aliphatic carbocycles. The number of hydrogen-bond acceptors (Lipinski definition) is 9. The van der Waals surface area contributed by atoms with Crippen LogP contribution in [0.5, 0.6) is 0 Å². The minimum atomic E-state index is -1.79. The van der Waals surface area contributed by atoms with Crippen LogP contribution in [-0.4, -0.2) is 81.5 Å².